The lowest BCUT2D eigenvalue weighted by Crippen LogP contribution is -2.38. The predicted octanol–water partition coefficient (Wildman–Crippen LogP) is 3.55. The van der Waals surface area contributed by atoms with Crippen LogP contribution in [0.4, 0.5) is 13.2 Å². The fraction of sp³-hybridized carbons (Fsp3) is 0.533. The number of fused-ring (bicyclic) bond motifs is 1. The summed E-state index contributed by atoms with van der Waals surface area (Å²) >= 11 is 0. The highest BCUT2D eigenvalue weighted by Gasteiger charge is 2.41. The van der Waals surface area contributed by atoms with Gasteiger partial charge in [0.05, 0.1) is 17.6 Å². The first-order valence-electron chi connectivity index (χ1n) is 7.25. The predicted molar refractivity (Wildman–Crippen MR) is 73.8 cm³/mol. The fourth-order valence-electron chi connectivity index (χ4n) is 3.05. The highest BCUT2D eigenvalue weighted by molar-refractivity contribution is 5.53. The Kier molecular flexibility index (Phi) is 3.89. The second-order valence-corrected chi connectivity index (χ2v) is 5.68. The van der Waals surface area contributed by atoms with Crippen LogP contribution in [-0.2, 0) is 6.54 Å². The van der Waals surface area contributed by atoms with Crippen LogP contribution in [0.3, 0.4) is 0 Å². The van der Waals surface area contributed by atoms with Crippen molar-refractivity contribution in [2.24, 2.45) is 5.92 Å². The summed E-state index contributed by atoms with van der Waals surface area (Å²) < 4.78 is 40.2. The van der Waals surface area contributed by atoms with E-state index in [2.05, 4.69) is 10.4 Å². The Bertz CT molecular complexity index is 605. The second-order valence-electron chi connectivity index (χ2n) is 5.68. The van der Waals surface area contributed by atoms with Gasteiger partial charge in [-0.05, 0) is 31.4 Å². The van der Waals surface area contributed by atoms with Crippen molar-refractivity contribution < 1.29 is 13.2 Å². The van der Waals surface area contributed by atoms with Crippen molar-refractivity contribution >= 4 is 5.52 Å². The van der Waals surface area contributed by atoms with Gasteiger partial charge in [-0.15, -0.1) is 0 Å². The Morgan fingerprint density at radius 3 is 2.95 bits per heavy atom. The highest BCUT2D eigenvalue weighted by Crippen LogP contribution is 2.37. The van der Waals surface area contributed by atoms with E-state index in [-0.39, 0.29) is 18.9 Å². The van der Waals surface area contributed by atoms with Gasteiger partial charge >= 0.3 is 6.18 Å². The van der Waals surface area contributed by atoms with Crippen molar-refractivity contribution in [1.29, 1.82) is 0 Å². The Labute approximate surface area is 121 Å². The zero-order valence-corrected chi connectivity index (χ0v) is 11.6. The molecule has 3 rings (SSSR count). The third-order valence-electron chi connectivity index (χ3n) is 4.22. The topological polar surface area (TPSA) is 29.3 Å². The quantitative estimate of drug-likeness (QED) is 0.939. The molecule has 21 heavy (non-hydrogen) atoms. The first kappa shape index (κ1) is 14.4. The molecule has 3 nitrogen and oxygen atoms in total. The first-order chi connectivity index (χ1) is 10.0. The van der Waals surface area contributed by atoms with E-state index >= 15 is 0 Å². The summed E-state index contributed by atoms with van der Waals surface area (Å²) in [4.78, 5) is 0. The molecule has 2 aromatic rings. The summed E-state index contributed by atoms with van der Waals surface area (Å²) in [5, 5.41) is 7.50. The van der Waals surface area contributed by atoms with E-state index in [9.17, 15) is 13.2 Å². The minimum absolute atomic E-state index is 0.0657. The summed E-state index contributed by atoms with van der Waals surface area (Å²) in [6.07, 6.45) is 1.46. The summed E-state index contributed by atoms with van der Waals surface area (Å²) in [5.41, 5.74) is 2.01. The van der Waals surface area contributed by atoms with Crippen molar-refractivity contribution in [1.82, 2.24) is 14.9 Å². The van der Waals surface area contributed by atoms with Gasteiger partial charge < -0.3 is 5.32 Å². The van der Waals surface area contributed by atoms with Crippen LogP contribution in [0, 0.1) is 5.92 Å². The molecule has 2 heterocycles. The van der Waals surface area contributed by atoms with Crippen molar-refractivity contribution in [3.63, 3.8) is 0 Å². The molecule has 0 saturated heterocycles. The first-order valence-corrected chi connectivity index (χ1v) is 7.25. The Balaban J connectivity index is 1.62. The molecule has 2 unspecified atom stereocenters. The van der Waals surface area contributed by atoms with Crippen LogP contribution in [-0.4, -0.2) is 21.8 Å². The van der Waals surface area contributed by atoms with Crippen molar-refractivity contribution in [2.45, 2.75) is 44.4 Å². The molecule has 0 bridgehead atoms. The number of alkyl halides is 3. The molecule has 2 aromatic heterocycles. The molecule has 2 atom stereocenters. The van der Waals surface area contributed by atoms with Gasteiger partial charge in [0.1, 0.15) is 0 Å². The SMILES string of the molecule is FC(F)(F)C1CCCC(NCc2cnn3ccccc23)C1. The van der Waals surface area contributed by atoms with Crippen LogP contribution in [0.1, 0.15) is 31.2 Å². The van der Waals surface area contributed by atoms with Gasteiger partial charge in [-0.25, -0.2) is 4.52 Å². The molecule has 0 aliphatic heterocycles. The molecule has 1 aliphatic carbocycles. The molecule has 6 heteroatoms. The van der Waals surface area contributed by atoms with Crippen LogP contribution in [0.2, 0.25) is 0 Å². The molecule has 0 spiro atoms. The molecule has 0 amide bonds. The monoisotopic (exact) mass is 297 g/mol. The fourth-order valence-corrected chi connectivity index (χ4v) is 3.05. The minimum atomic E-state index is -4.06. The number of nitrogens with one attached hydrogen (secondary N) is 1. The summed E-state index contributed by atoms with van der Waals surface area (Å²) in [5.74, 6) is -1.16. The number of aromatic nitrogens is 2. The smallest absolute Gasteiger partial charge is 0.310 e. The molecule has 114 valence electrons. The standard InChI is InChI=1S/C15H18F3N3/c16-15(17,18)12-4-3-5-13(8-12)19-9-11-10-20-21-7-2-1-6-14(11)21/h1-2,6-7,10,12-13,19H,3-5,8-9H2. The van der Waals surface area contributed by atoms with Crippen molar-refractivity contribution in [2.75, 3.05) is 0 Å². The molecule has 0 aromatic carbocycles. The van der Waals surface area contributed by atoms with Gasteiger partial charge in [-0.3, -0.25) is 0 Å². The Hall–Kier alpha value is -1.56. The third-order valence-corrected chi connectivity index (χ3v) is 4.22. The number of hydrogen-bond acceptors (Lipinski definition) is 2. The maximum atomic E-state index is 12.8. The average molecular weight is 297 g/mol. The van der Waals surface area contributed by atoms with Gasteiger partial charge in [0.25, 0.3) is 0 Å². The number of hydrogen-bond donors (Lipinski definition) is 1. The highest BCUT2D eigenvalue weighted by atomic mass is 19.4. The summed E-state index contributed by atoms with van der Waals surface area (Å²) in [6, 6.07) is 5.72. The third kappa shape index (κ3) is 3.20. The lowest BCUT2D eigenvalue weighted by atomic mass is 9.85. The normalized spacial score (nSPS) is 23.6. The van der Waals surface area contributed by atoms with E-state index in [0.29, 0.717) is 13.0 Å². The van der Waals surface area contributed by atoms with E-state index in [1.54, 1.807) is 10.7 Å². The van der Waals surface area contributed by atoms with Gasteiger partial charge in [0.2, 0.25) is 0 Å². The van der Waals surface area contributed by atoms with E-state index in [0.717, 1.165) is 17.5 Å². The lowest BCUT2D eigenvalue weighted by Gasteiger charge is -2.31. The second kappa shape index (κ2) is 5.67. The van der Waals surface area contributed by atoms with Crippen LogP contribution < -0.4 is 5.32 Å². The van der Waals surface area contributed by atoms with E-state index in [1.807, 2.05) is 24.4 Å². The van der Waals surface area contributed by atoms with E-state index in [4.69, 9.17) is 0 Å². The number of nitrogens with zero attached hydrogens (tertiary/aromatic N) is 2. The van der Waals surface area contributed by atoms with Gasteiger partial charge in [0.15, 0.2) is 0 Å². The maximum absolute atomic E-state index is 12.8. The lowest BCUT2D eigenvalue weighted by molar-refractivity contribution is -0.183. The van der Waals surface area contributed by atoms with Crippen LogP contribution in [0.25, 0.3) is 5.52 Å². The van der Waals surface area contributed by atoms with E-state index < -0.39 is 12.1 Å². The molecule has 0 radical (unpaired) electrons. The minimum Gasteiger partial charge on any atom is -0.310 e. The Morgan fingerprint density at radius 2 is 2.14 bits per heavy atom. The molecule has 1 N–H and O–H groups in total. The largest absolute Gasteiger partial charge is 0.391 e. The number of rotatable bonds is 3. The number of halogens is 3. The van der Waals surface area contributed by atoms with Crippen molar-refractivity contribution in [3.8, 4) is 0 Å². The maximum Gasteiger partial charge on any atom is 0.391 e. The van der Waals surface area contributed by atoms with Crippen LogP contribution in [0.5, 0.6) is 0 Å². The van der Waals surface area contributed by atoms with Crippen molar-refractivity contribution in [3.05, 3.63) is 36.2 Å². The van der Waals surface area contributed by atoms with E-state index in [1.165, 1.54) is 0 Å². The van der Waals surface area contributed by atoms with Crippen LogP contribution >= 0.6 is 0 Å². The zero-order valence-electron chi connectivity index (χ0n) is 11.6. The zero-order chi connectivity index (χ0) is 14.9. The van der Waals surface area contributed by atoms with Crippen LogP contribution in [0.15, 0.2) is 30.6 Å². The molecular weight excluding hydrogens is 279 g/mol. The van der Waals surface area contributed by atoms with Gasteiger partial charge in [0, 0.05) is 24.3 Å². The summed E-state index contributed by atoms with van der Waals surface area (Å²) in [6.45, 7) is 0.558. The van der Waals surface area contributed by atoms with Gasteiger partial charge in [-0.2, -0.15) is 18.3 Å². The molecular formula is C15H18F3N3. The molecule has 1 fully saturated rings. The Morgan fingerprint density at radius 1 is 1.29 bits per heavy atom. The molecule has 1 saturated carbocycles. The average Bonchev–Trinajstić information content (AvgIpc) is 2.88. The van der Waals surface area contributed by atoms with Gasteiger partial charge in [-0.1, -0.05) is 12.5 Å². The summed E-state index contributed by atoms with van der Waals surface area (Å²) in [7, 11) is 0. The number of pyridine rings is 1. The molecule has 1 aliphatic rings.